The maximum Gasteiger partial charge on any atom is 0.291 e. The number of carbonyl (C=O) groups is 1. The van der Waals surface area contributed by atoms with Crippen molar-refractivity contribution >= 4 is 17.7 Å². The Bertz CT molecular complexity index is 498. The second-order valence-electron chi connectivity index (χ2n) is 4.53. The number of carbonyl (C=O) groups excluding carboxylic acids is 1. The molecular weight excluding hydrogens is 266 g/mol. The normalized spacial score (nSPS) is 16.2. The Morgan fingerprint density at radius 3 is 2.95 bits per heavy atom. The Labute approximate surface area is 114 Å². The third kappa shape index (κ3) is 3.95. The predicted molar refractivity (Wildman–Crippen MR) is 72.2 cm³/mol. The van der Waals surface area contributed by atoms with Crippen molar-refractivity contribution in [3.8, 4) is 0 Å². The summed E-state index contributed by atoms with van der Waals surface area (Å²) in [5.41, 5.74) is -0.440. The molecule has 1 saturated carbocycles. The van der Waals surface area contributed by atoms with Gasteiger partial charge in [0.1, 0.15) is 6.20 Å². The highest BCUT2D eigenvalue weighted by atomic mass is 32.2. The molecule has 0 bridgehead atoms. The number of hydrogen-bond donors (Lipinski definition) is 2. The van der Waals surface area contributed by atoms with Crippen LogP contribution in [0.1, 0.15) is 32.1 Å². The maximum atomic E-state index is 11.8. The Balaban J connectivity index is 1.82. The molecule has 1 aliphatic rings. The van der Waals surface area contributed by atoms with Crippen molar-refractivity contribution in [2.24, 2.45) is 0 Å². The van der Waals surface area contributed by atoms with E-state index in [1.807, 2.05) is 0 Å². The molecule has 1 aromatic rings. The molecule has 0 unspecified atom stereocenters. The molecule has 3 N–H and O–H groups in total. The van der Waals surface area contributed by atoms with Crippen LogP contribution < -0.4 is 16.7 Å². The summed E-state index contributed by atoms with van der Waals surface area (Å²) in [4.78, 5) is 23.0. The van der Waals surface area contributed by atoms with Gasteiger partial charge in [0.2, 0.25) is 11.1 Å². The molecule has 1 fully saturated rings. The van der Waals surface area contributed by atoms with Crippen molar-refractivity contribution in [2.75, 3.05) is 11.6 Å². The minimum atomic E-state index is -0.440. The second kappa shape index (κ2) is 6.55. The first kappa shape index (κ1) is 13.9. The highest BCUT2D eigenvalue weighted by molar-refractivity contribution is 7.99. The van der Waals surface area contributed by atoms with Gasteiger partial charge >= 0.3 is 0 Å². The molecule has 2 rings (SSSR count). The van der Waals surface area contributed by atoms with E-state index >= 15 is 0 Å². The summed E-state index contributed by atoms with van der Waals surface area (Å²) in [6.45, 7) is 0. The van der Waals surface area contributed by atoms with Gasteiger partial charge in [-0.2, -0.15) is 9.77 Å². The van der Waals surface area contributed by atoms with E-state index in [1.54, 1.807) is 0 Å². The number of nitrogen functional groups attached to an aromatic ring is 1. The number of aromatic nitrogens is 3. The Hall–Kier alpha value is -1.57. The van der Waals surface area contributed by atoms with Crippen LogP contribution in [0.25, 0.3) is 0 Å². The van der Waals surface area contributed by atoms with Crippen molar-refractivity contribution in [3.05, 3.63) is 16.6 Å². The summed E-state index contributed by atoms with van der Waals surface area (Å²) < 4.78 is 0.894. The fraction of sp³-hybridized carbons (Fsp3) is 0.636. The molecule has 0 saturated heterocycles. The third-order valence-corrected chi connectivity index (χ3v) is 4.00. The average Bonchev–Trinajstić information content (AvgIpc) is 2.42. The van der Waals surface area contributed by atoms with Crippen LogP contribution in [0.3, 0.4) is 0 Å². The van der Waals surface area contributed by atoms with Crippen LogP contribution in [0.5, 0.6) is 0 Å². The smallest absolute Gasteiger partial charge is 0.291 e. The zero-order valence-corrected chi connectivity index (χ0v) is 11.4. The van der Waals surface area contributed by atoms with Crippen LogP contribution in [-0.4, -0.2) is 32.6 Å². The van der Waals surface area contributed by atoms with Crippen LogP contribution in [0.2, 0.25) is 0 Å². The van der Waals surface area contributed by atoms with Crippen molar-refractivity contribution in [1.29, 1.82) is 0 Å². The molecule has 0 spiro atoms. The molecule has 7 nitrogen and oxygen atoms in total. The van der Waals surface area contributed by atoms with Gasteiger partial charge in [-0.05, 0) is 12.8 Å². The average molecular weight is 283 g/mol. The molecule has 0 aromatic carbocycles. The van der Waals surface area contributed by atoms with Crippen molar-refractivity contribution in [3.63, 3.8) is 0 Å². The second-order valence-corrected chi connectivity index (χ2v) is 5.47. The molecule has 1 aromatic heterocycles. The highest BCUT2D eigenvalue weighted by Crippen LogP contribution is 2.18. The number of amides is 1. The third-order valence-electron chi connectivity index (χ3n) is 3.06. The van der Waals surface area contributed by atoms with E-state index in [9.17, 15) is 9.59 Å². The van der Waals surface area contributed by atoms with Crippen molar-refractivity contribution in [2.45, 2.75) is 43.3 Å². The lowest BCUT2D eigenvalue weighted by molar-refractivity contribution is -0.119. The van der Waals surface area contributed by atoms with E-state index in [0.29, 0.717) is 0 Å². The lowest BCUT2D eigenvalue weighted by Crippen LogP contribution is -2.37. The number of hydrogen-bond acceptors (Lipinski definition) is 6. The fourth-order valence-electron chi connectivity index (χ4n) is 2.08. The van der Waals surface area contributed by atoms with Crippen molar-refractivity contribution in [1.82, 2.24) is 20.2 Å². The monoisotopic (exact) mass is 283 g/mol. The van der Waals surface area contributed by atoms with Gasteiger partial charge in [-0.3, -0.25) is 9.59 Å². The Morgan fingerprint density at radius 1 is 1.47 bits per heavy atom. The largest absolute Gasteiger partial charge is 0.353 e. The van der Waals surface area contributed by atoms with Gasteiger partial charge in [0.25, 0.3) is 5.56 Å². The number of rotatable bonds is 4. The summed E-state index contributed by atoms with van der Waals surface area (Å²) in [5.74, 6) is 5.63. The summed E-state index contributed by atoms with van der Waals surface area (Å²) in [6, 6.07) is 0.281. The Kier molecular flexibility index (Phi) is 4.78. The summed E-state index contributed by atoms with van der Waals surface area (Å²) in [5, 5.41) is 10.5. The molecule has 1 aliphatic carbocycles. The first-order valence-electron chi connectivity index (χ1n) is 6.29. The van der Waals surface area contributed by atoms with Crippen LogP contribution in [0.4, 0.5) is 0 Å². The number of nitrogens with two attached hydrogens (primary N) is 1. The molecular formula is C11H17N5O2S. The van der Waals surface area contributed by atoms with E-state index in [0.717, 1.165) is 35.5 Å². The first-order valence-corrected chi connectivity index (χ1v) is 7.27. The van der Waals surface area contributed by atoms with Crippen LogP contribution >= 0.6 is 11.8 Å². The SMILES string of the molecule is Nn1c(SCC(=O)NC2CCCCC2)nncc1=O. The minimum Gasteiger partial charge on any atom is -0.353 e. The summed E-state index contributed by atoms with van der Waals surface area (Å²) in [6.07, 6.45) is 6.72. The minimum absolute atomic E-state index is 0.0602. The van der Waals surface area contributed by atoms with Gasteiger partial charge in [-0.1, -0.05) is 31.0 Å². The fourth-order valence-corrected chi connectivity index (χ4v) is 2.75. The molecule has 1 amide bonds. The molecule has 0 atom stereocenters. The van der Waals surface area contributed by atoms with Gasteiger partial charge in [0.05, 0.1) is 5.75 Å². The maximum absolute atomic E-state index is 11.8. The zero-order valence-electron chi connectivity index (χ0n) is 10.5. The van der Waals surface area contributed by atoms with Crippen LogP contribution in [0, 0.1) is 0 Å². The highest BCUT2D eigenvalue weighted by Gasteiger charge is 2.16. The lowest BCUT2D eigenvalue weighted by Gasteiger charge is -2.22. The first-order chi connectivity index (χ1) is 9.16. The zero-order chi connectivity index (χ0) is 13.7. The van der Waals surface area contributed by atoms with Gasteiger partial charge in [0, 0.05) is 6.04 Å². The number of nitrogens with one attached hydrogen (secondary N) is 1. The quantitative estimate of drug-likeness (QED) is 0.590. The van der Waals surface area contributed by atoms with Gasteiger partial charge in [0.15, 0.2) is 0 Å². The summed E-state index contributed by atoms with van der Waals surface area (Å²) in [7, 11) is 0. The molecule has 8 heteroatoms. The molecule has 19 heavy (non-hydrogen) atoms. The number of nitrogens with zero attached hydrogens (tertiary/aromatic N) is 3. The van der Waals surface area contributed by atoms with E-state index < -0.39 is 5.56 Å². The predicted octanol–water partition coefficient (Wildman–Crippen LogP) is -0.107. The Morgan fingerprint density at radius 2 is 2.21 bits per heavy atom. The van der Waals surface area contributed by atoms with E-state index in [4.69, 9.17) is 5.84 Å². The topological polar surface area (TPSA) is 103 Å². The summed E-state index contributed by atoms with van der Waals surface area (Å²) >= 11 is 1.11. The molecule has 1 heterocycles. The molecule has 0 aliphatic heterocycles. The molecule has 104 valence electrons. The van der Waals surface area contributed by atoms with Gasteiger partial charge < -0.3 is 11.2 Å². The van der Waals surface area contributed by atoms with E-state index in [2.05, 4.69) is 15.5 Å². The van der Waals surface area contributed by atoms with Crippen LogP contribution in [0.15, 0.2) is 16.1 Å². The van der Waals surface area contributed by atoms with E-state index in [1.165, 1.54) is 19.3 Å². The van der Waals surface area contributed by atoms with Crippen LogP contribution in [-0.2, 0) is 4.79 Å². The van der Waals surface area contributed by atoms with Gasteiger partial charge in [-0.15, -0.1) is 5.10 Å². The van der Waals surface area contributed by atoms with Gasteiger partial charge in [-0.25, -0.2) is 0 Å². The molecule has 0 radical (unpaired) electrons. The van der Waals surface area contributed by atoms with E-state index in [-0.39, 0.29) is 22.9 Å². The number of thioether (sulfide) groups is 1. The van der Waals surface area contributed by atoms with Crippen molar-refractivity contribution < 1.29 is 4.79 Å². The lowest BCUT2D eigenvalue weighted by atomic mass is 9.95. The standard InChI is InChI=1S/C11H17N5O2S/c12-16-10(18)6-13-15-11(16)19-7-9(17)14-8-4-2-1-3-5-8/h6,8H,1-5,7,12H2,(H,14,17).